The number of likely N-dealkylation sites (N-methyl/N-ethyl adjacent to an activating group) is 2. The van der Waals surface area contributed by atoms with E-state index in [1.165, 1.54) is 19.5 Å². The number of rotatable bonds is 6. The molecule has 0 N–H and O–H groups in total. The predicted octanol–water partition coefficient (Wildman–Crippen LogP) is 2.94. The predicted molar refractivity (Wildman–Crippen MR) is 71.4 cm³/mol. The van der Waals surface area contributed by atoms with Crippen molar-refractivity contribution in [1.29, 1.82) is 0 Å². The highest BCUT2D eigenvalue weighted by molar-refractivity contribution is 4.70. The van der Waals surface area contributed by atoms with Crippen LogP contribution in [0.3, 0.4) is 0 Å². The second kappa shape index (κ2) is 10.4. The highest BCUT2D eigenvalue weighted by Gasteiger charge is 2.13. The van der Waals surface area contributed by atoms with Gasteiger partial charge in [-0.1, -0.05) is 34.6 Å². The highest BCUT2D eigenvalue weighted by atomic mass is 15.2. The van der Waals surface area contributed by atoms with E-state index in [1.54, 1.807) is 0 Å². The second-order valence-electron chi connectivity index (χ2n) is 4.66. The third-order valence-corrected chi connectivity index (χ3v) is 2.32. The van der Waals surface area contributed by atoms with E-state index in [1.807, 2.05) is 13.8 Å². The minimum atomic E-state index is 0.706. The first kappa shape index (κ1) is 17.3. The van der Waals surface area contributed by atoms with Gasteiger partial charge in [-0.05, 0) is 33.5 Å². The molecule has 0 rings (SSSR count). The van der Waals surface area contributed by atoms with Crippen molar-refractivity contribution in [3.05, 3.63) is 0 Å². The molecule has 0 amide bonds. The Hall–Kier alpha value is -0.0800. The van der Waals surface area contributed by atoms with Crippen molar-refractivity contribution in [2.45, 2.75) is 47.1 Å². The van der Waals surface area contributed by atoms with Crippen molar-refractivity contribution in [3.8, 4) is 0 Å². The van der Waals surface area contributed by atoms with E-state index in [4.69, 9.17) is 0 Å². The van der Waals surface area contributed by atoms with Gasteiger partial charge in [-0.3, -0.25) is 0 Å². The van der Waals surface area contributed by atoms with Crippen LogP contribution in [0.2, 0.25) is 0 Å². The van der Waals surface area contributed by atoms with Crippen molar-refractivity contribution in [3.63, 3.8) is 0 Å². The Bertz CT molecular complexity index is 122. The average molecular weight is 216 g/mol. The summed E-state index contributed by atoms with van der Waals surface area (Å²) in [6.07, 6.45) is 1.24. The molecule has 0 fully saturated rings. The van der Waals surface area contributed by atoms with Gasteiger partial charge < -0.3 is 9.80 Å². The van der Waals surface area contributed by atoms with E-state index in [0.717, 1.165) is 5.92 Å². The zero-order valence-electron chi connectivity index (χ0n) is 12.2. The highest BCUT2D eigenvalue weighted by Crippen LogP contribution is 2.06. The topological polar surface area (TPSA) is 6.48 Å². The molecule has 1 atom stereocenters. The van der Waals surface area contributed by atoms with Crippen molar-refractivity contribution in [2.24, 2.45) is 5.92 Å². The monoisotopic (exact) mass is 216 g/mol. The fraction of sp³-hybridized carbons (Fsp3) is 1.00. The van der Waals surface area contributed by atoms with Gasteiger partial charge in [-0.15, -0.1) is 0 Å². The Morgan fingerprint density at radius 3 is 1.67 bits per heavy atom. The van der Waals surface area contributed by atoms with Gasteiger partial charge in [0.1, 0.15) is 0 Å². The average Bonchev–Trinajstić information content (AvgIpc) is 2.15. The normalized spacial score (nSPS) is 13.0. The van der Waals surface area contributed by atoms with E-state index < -0.39 is 0 Å². The Kier molecular flexibility index (Phi) is 12.1. The maximum Gasteiger partial charge on any atom is 0.0217 e. The van der Waals surface area contributed by atoms with Gasteiger partial charge in [0.25, 0.3) is 0 Å². The van der Waals surface area contributed by atoms with Crippen molar-refractivity contribution in [2.75, 3.05) is 34.2 Å². The Morgan fingerprint density at radius 1 is 0.933 bits per heavy atom. The standard InChI is InChI=1S/C11H26N2.C2H6/c1-7-11(9-12(4)5)13(6)8-10(2)3;1-2/h10-11H,7-9H2,1-6H3;1-2H3. The quantitative estimate of drug-likeness (QED) is 0.673. The van der Waals surface area contributed by atoms with Crippen LogP contribution in [0.4, 0.5) is 0 Å². The maximum atomic E-state index is 2.48. The molecule has 15 heavy (non-hydrogen) atoms. The van der Waals surface area contributed by atoms with E-state index in [-0.39, 0.29) is 0 Å². The molecule has 2 nitrogen and oxygen atoms in total. The molecule has 0 bridgehead atoms. The van der Waals surface area contributed by atoms with E-state index in [0.29, 0.717) is 6.04 Å². The lowest BCUT2D eigenvalue weighted by Crippen LogP contribution is -2.40. The molecule has 1 unspecified atom stereocenters. The van der Waals surface area contributed by atoms with E-state index in [2.05, 4.69) is 51.7 Å². The minimum absolute atomic E-state index is 0.706. The van der Waals surface area contributed by atoms with Gasteiger partial charge >= 0.3 is 0 Å². The van der Waals surface area contributed by atoms with Gasteiger partial charge in [-0.2, -0.15) is 0 Å². The molecule has 0 saturated carbocycles. The lowest BCUT2D eigenvalue weighted by atomic mass is 10.1. The Labute approximate surface area is 97.6 Å². The van der Waals surface area contributed by atoms with Crippen LogP contribution in [0, 0.1) is 5.92 Å². The first-order chi connectivity index (χ1) is 6.97. The van der Waals surface area contributed by atoms with Gasteiger partial charge in [0.2, 0.25) is 0 Å². The molecule has 2 heteroatoms. The van der Waals surface area contributed by atoms with E-state index >= 15 is 0 Å². The third-order valence-electron chi connectivity index (χ3n) is 2.32. The van der Waals surface area contributed by atoms with Gasteiger partial charge in [0, 0.05) is 19.1 Å². The Balaban J connectivity index is 0. The molecular weight excluding hydrogens is 184 g/mol. The summed E-state index contributed by atoms with van der Waals surface area (Å²) in [7, 11) is 6.52. The number of hydrogen-bond donors (Lipinski definition) is 0. The fourth-order valence-corrected chi connectivity index (χ4v) is 1.73. The van der Waals surface area contributed by atoms with Crippen molar-refractivity contribution < 1.29 is 0 Å². The van der Waals surface area contributed by atoms with Gasteiger partial charge in [0.15, 0.2) is 0 Å². The minimum Gasteiger partial charge on any atom is -0.308 e. The lowest BCUT2D eigenvalue weighted by molar-refractivity contribution is 0.174. The molecule has 0 aliphatic carbocycles. The first-order valence-corrected chi connectivity index (χ1v) is 6.32. The summed E-state index contributed by atoms with van der Waals surface area (Å²) >= 11 is 0. The Morgan fingerprint density at radius 2 is 1.40 bits per heavy atom. The molecular formula is C13H32N2. The summed E-state index contributed by atoms with van der Waals surface area (Å²) in [5, 5.41) is 0. The molecule has 0 aliphatic rings. The number of hydrogen-bond acceptors (Lipinski definition) is 2. The van der Waals surface area contributed by atoms with Crippen LogP contribution in [0.15, 0.2) is 0 Å². The molecule has 94 valence electrons. The summed E-state index contributed by atoms with van der Waals surface area (Å²) in [5.41, 5.74) is 0. The SMILES string of the molecule is CC.CCC(CN(C)C)N(C)CC(C)C. The van der Waals surface area contributed by atoms with Crippen LogP contribution in [-0.2, 0) is 0 Å². The fourth-order valence-electron chi connectivity index (χ4n) is 1.73. The van der Waals surface area contributed by atoms with Crippen LogP contribution < -0.4 is 0 Å². The van der Waals surface area contributed by atoms with Crippen molar-refractivity contribution in [1.82, 2.24) is 9.80 Å². The summed E-state index contributed by atoms with van der Waals surface area (Å²) < 4.78 is 0. The van der Waals surface area contributed by atoms with E-state index in [9.17, 15) is 0 Å². The van der Waals surface area contributed by atoms with Crippen LogP contribution in [0.5, 0.6) is 0 Å². The van der Waals surface area contributed by atoms with Crippen LogP contribution in [0.25, 0.3) is 0 Å². The largest absolute Gasteiger partial charge is 0.308 e. The first-order valence-electron chi connectivity index (χ1n) is 6.32. The molecule has 0 saturated heterocycles. The summed E-state index contributed by atoms with van der Waals surface area (Å²) in [5.74, 6) is 0.765. The van der Waals surface area contributed by atoms with Gasteiger partial charge in [-0.25, -0.2) is 0 Å². The van der Waals surface area contributed by atoms with Crippen LogP contribution in [0.1, 0.15) is 41.0 Å². The molecule has 0 heterocycles. The van der Waals surface area contributed by atoms with Crippen LogP contribution in [-0.4, -0.2) is 50.1 Å². The summed E-state index contributed by atoms with van der Waals surface area (Å²) in [6.45, 7) is 13.2. The van der Waals surface area contributed by atoms with Gasteiger partial charge in [0.05, 0.1) is 0 Å². The molecule has 0 radical (unpaired) electrons. The van der Waals surface area contributed by atoms with Crippen LogP contribution >= 0.6 is 0 Å². The summed E-state index contributed by atoms with van der Waals surface area (Å²) in [6, 6.07) is 0.706. The molecule has 0 spiro atoms. The zero-order valence-corrected chi connectivity index (χ0v) is 12.2. The maximum absolute atomic E-state index is 2.48. The zero-order chi connectivity index (χ0) is 12.4. The smallest absolute Gasteiger partial charge is 0.0217 e. The third kappa shape index (κ3) is 10.2. The second-order valence-corrected chi connectivity index (χ2v) is 4.66. The molecule has 0 aliphatic heterocycles. The molecule has 0 aromatic rings. The molecule has 0 aromatic carbocycles. The lowest BCUT2D eigenvalue weighted by Gasteiger charge is -2.30. The number of nitrogens with zero attached hydrogens (tertiary/aromatic N) is 2. The molecule has 0 aromatic heterocycles. The van der Waals surface area contributed by atoms with Crippen molar-refractivity contribution >= 4 is 0 Å². The summed E-state index contributed by atoms with van der Waals surface area (Å²) in [4.78, 5) is 4.75.